The van der Waals surface area contributed by atoms with E-state index in [9.17, 15) is 4.79 Å². The summed E-state index contributed by atoms with van der Waals surface area (Å²) in [4.78, 5) is 11.6. The van der Waals surface area contributed by atoms with Crippen LogP contribution >= 0.6 is 11.8 Å². The highest BCUT2D eigenvalue weighted by molar-refractivity contribution is 7.98. The molecule has 0 aliphatic rings. The molecule has 1 N–H and O–H groups in total. The van der Waals surface area contributed by atoms with Gasteiger partial charge < -0.3 is 9.84 Å². The molecule has 1 aromatic carbocycles. The fourth-order valence-electron chi connectivity index (χ4n) is 1.06. The number of rotatable bonds is 3. The molecule has 0 unspecified atom stereocenters. The largest absolute Gasteiger partial charge is 0.496 e. The number of carboxylic acid groups (broad SMARTS) is 1. The van der Waals surface area contributed by atoms with Crippen LogP contribution in [-0.4, -0.2) is 24.4 Å². The van der Waals surface area contributed by atoms with Crippen molar-refractivity contribution in [1.82, 2.24) is 0 Å². The lowest BCUT2D eigenvalue weighted by Gasteiger charge is -2.07. The van der Waals surface area contributed by atoms with Crippen LogP contribution in [0, 0.1) is 0 Å². The van der Waals surface area contributed by atoms with Crippen LogP contribution in [0.15, 0.2) is 23.1 Å². The monoisotopic (exact) mass is 198 g/mol. The molecule has 1 aromatic rings. The van der Waals surface area contributed by atoms with Gasteiger partial charge in [-0.25, -0.2) is 4.79 Å². The molecule has 70 valence electrons. The quantitative estimate of drug-likeness (QED) is 0.756. The van der Waals surface area contributed by atoms with Gasteiger partial charge >= 0.3 is 5.97 Å². The summed E-state index contributed by atoms with van der Waals surface area (Å²) in [6.07, 6.45) is 1.83. The Balaban J connectivity index is 3.29. The summed E-state index contributed by atoms with van der Waals surface area (Å²) in [5, 5.41) is 8.92. The molecule has 0 amide bonds. The van der Waals surface area contributed by atoms with Crippen LogP contribution in [0.5, 0.6) is 5.75 Å². The molecule has 0 fully saturated rings. The fraction of sp³-hybridized carbons (Fsp3) is 0.222. The maximum Gasteiger partial charge on any atom is 0.340 e. The van der Waals surface area contributed by atoms with E-state index in [1.165, 1.54) is 18.9 Å². The number of ether oxygens (including phenoxy) is 1. The normalized spacial score (nSPS) is 9.69. The van der Waals surface area contributed by atoms with Crippen molar-refractivity contribution in [3.05, 3.63) is 23.8 Å². The van der Waals surface area contributed by atoms with Gasteiger partial charge in [-0.2, -0.15) is 0 Å². The summed E-state index contributed by atoms with van der Waals surface area (Å²) >= 11 is 1.39. The average molecular weight is 198 g/mol. The molecule has 0 aliphatic heterocycles. The third kappa shape index (κ3) is 1.95. The van der Waals surface area contributed by atoms with E-state index < -0.39 is 5.97 Å². The van der Waals surface area contributed by atoms with Gasteiger partial charge in [-0.1, -0.05) is 6.07 Å². The number of hydrogen-bond donors (Lipinski definition) is 1. The Kier molecular flexibility index (Phi) is 3.19. The van der Waals surface area contributed by atoms with Crippen LogP contribution < -0.4 is 4.74 Å². The summed E-state index contributed by atoms with van der Waals surface area (Å²) in [5.41, 5.74) is 0.234. The van der Waals surface area contributed by atoms with Crippen molar-refractivity contribution in [3.8, 4) is 5.75 Å². The van der Waals surface area contributed by atoms with Gasteiger partial charge in [0.05, 0.1) is 7.11 Å². The number of hydrogen-bond acceptors (Lipinski definition) is 3. The van der Waals surface area contributed by atoms with Crippen molar-refractivity contribution in [1.29, 1.82) is 0 Å². The van der Waals surface area contributed by atoms with Crippen molar-refractivity contribution in [2.75, 3.05) is 13.4 Å². The van der Waals surface area contributed by atoms with Crippen LogP contribution in [0.1, 0.15) is 10.4 Å². The zero-order valence-corrected chi connectivity index (χ0v) is 8.22. The third-order valence-electron chi connectivity index (χ3n) is 1.64. The predicted octanol–water partition coefficient (Wildman–Crippen LogP) is 2.12. The van der Waals surface area contributed by atoms with Gasteiger partial charge in [0.15, 0.2) is 0 Å². The van der Waals surface area contributed by atoms with Crippen molar-refractivity contribution in [2.45, 2.75) is 4.90 Å². The number of carbonyl (C=O) groups is 1. The molecule has 13 heavy (non-hydrogen) atoms. The maximum absolute atomic E-state index is 10.9. The minimum absolute atomic E-state index is 0.234. The Morgan fingerprint density at radius 1 is 1.54 bits per heavy atom. The van der Waals surface area contributed by atoms with Gasteiger partial charge in [0.2, 0.25) is 0 Å². The van der Waals surface area contributed by atoms with Crippen molar-refractivity contribution >= 4 is 17.7 Å². The van der Waals surface area contributed by atoms with Gasteiger partial charge in [0, 0.05) is 4.90 Å². The minimum Gasteiger partial charge on any atom is -0.496 e. The van der Waals surface area contributed by atoms with Gasteiger partial charge in [-0.15, -0.1) is 11.8 Å². The second kappa shape index (κ2) is 4.18. The molecule has 0 aliphatic carbocycles. The second-order valence-corrected chi connectivity index (χ2v) is 3.19. The average Bonchev–Trinajstić information content (AvgIpc) is 2.16. The summed E-state index contributed by atoms with van der Waals surface area (Å²) in [6, 6.07) is 5.18. The van der Waals surface area contributed by atoms with Gasteiger partial charge in [-0.05, 0) is 18.4 Å². The van der Waals surface area contributed by atoms with Crippen molar-refractivity contribution in [2.24, 2.45) is 0 Å². The zero-order chi connectivity index (χ0) is 9.84. The van der Waals surface area contributed by atoms with E-state index in [0.29, 0.717) is 10.6 Å². The molecule has 4 heteroatoms. The number of aromatic carboxylic acids is 1. The van der Waals surface area contributed by atoms with E-state index in [1.807, 2.05) is 6.26 Å². The first-order valence-electron chi connectivity index (χ1n) is 3.65. The Hall–Kier alpha value is -1.16. The molecule has 3 nitrogen and oxygen atoms in total. The highest BCUT2D eigenvalue weighted by atomic mass is 32.2. The Labute approximate surface area is 80.7 Å². The molecular formula is C9H10O3S. The van der Waals surface area contributed by atoms with Gasteiger partial charge in [0.1, 0.15) is 11.3 Å². The smallest absolute Gasteiger partial charge is 0.340 e. The summed E-state index contributed by atoms with van der Waals surface area (Å²) in [7, 11) is 1.46. The summed E-state index contributed by atoms with van der Waals surface area (Å²) in [6.45, 7) is 0. The van der Waals surface area contributed by atoms with Crippen LogP contribution in [0.2, 0.25) is 0 Å². The second-order valence-electron chi connectivity index (χ2n) is 2.34. The Morgan fingerprint density at radius 3 is 2.69 bits per heavy atom. The zero-order valence-electron chi connectivity index (χ0n) is 7.40. The molecule has 0 atom stereocenters. The van der Waals surface area contributed by atoms with E-state index in [-0.39, 0.29) is 5.56 Å². The maximum atomic E-state index is 10.9. The Bertz CT molecular complexity index is 300. The molecule has 0 saturated heterocycles. The van der Waals surface area contributed by atoms with E-state index in [0.717, 1.165) is 0 Å². The summed E-state index contributed by atoms with van der Waals surface area (Å²) in [5.74, 6) is -0.554. The van der Waals surface area contributed by atoms with Crippen LogP contribution in [-0.2, 0) is 0 Å². The summed E-state index contributed by atoms with van der Waals surface area (Å²) < 4.78 is 4.95. The number of benzene rings is 1. The van der Waals surface area contributed by atoms with E-state index in [4.69, 9.17) is 9.84 Å². The lowest BCUT2D eigenvalue weighted by molar-refractivity contribution is 0.0689. The minimum atomic E-state index is -0.957. The molecule has 0 radical (unpaired) electrons. The molecule has 0 heterocycles. The number of thioether (sulfide) groups is 1. The van der Waals surface area contributed by atoms with Crippen molar-refractivity contribution in [3.63, 3.8) is 0 Å². The first-order valence-corrected chi connectivity index (χ1v) is 4.87. The third-order valence-corrected chi connectivity index (χ3v) is 2.42. The van der Waals surface area contributed by atoms with Crippen LogP contribution in [0.25, 0.3) is 0 Å². The van der Waals surface area contributed by atoms with E-state index in [1.54, 1.807) is 18.2 Å². The first kappa shape index (κ1) is 9.92. The first-order chi connectivity index (χ1) is 6.20. The van der Waals surface area contributed by atoms with E-state index in [2.05, 4.69) is 0 Å². The molecule has 0 aromatic heterocycles. The van der Waals surface area contributed by atoms with Gasteiger partial charge in [0.25, 0.3) is 0 Å². The lowest BCUT2D eigenvalue weighted by atomic mass is 10.2. The SMILES string of the molecule is COc1cccc(SC)c1C(=O)O. The Morgan fingerprint density at radius 2 is 2.23 bits per heavy atom. The highest BCUT2D eigenvalue weighted by Gasteiger charge is 2.14. The highest BCUT2D eigenvalue weighted by Crippen LogP contribution is 2.28. The van der Waals surface area contributed by atoms with Crippen molar-refractivity contribution < 1.29 is 14.6 Å². The lowest BCUT2D eigenvalue weighted by Crippen LogP contribution is -2.02. The number of carboxylic acids is 1. The fourth-order valence-corrected chi connectivity index (χ4v) is 1.67. The molecule has 0 spiro atoms. The molecule has 1 rings (SSSR count). The molecule has 0 saturated carbocycles. The van der Waals surface area contributed by atoms with Gasteiger partial charge in [-0.3, -0.25) is 0 Å². The standard InChI is InChI=1S/C9H10O3S/c1-12-6-4-3-5-7(13-2)8(6)9(10)11/h3-5H,1-2H3,(H,10,11). The number of methoxy groups -OCH3 is 1. The van der Waals surface area contributed by atoms with Crippen LogP contribution in [0.3, 0.4) is 0 Å². The topological polar surface area (TPSA) is 46.5 Å². The molecular weight excluding hydrogens is 188 g/mol. The van der Waals surface area contributed by atoms with Crippen LogP contribution in [0.4, 0.5) is 0 Å². The van der Waals surface area contributed by atoms with E-state index >= 15 is 0 Å². The molecule has 0 bridgehead atoms. The predicted molar refractivity (Wildman–Crippen MR) is 51.7 cm³/mol.